The summed E-state index contributed by atoms with van der Waals surface area (Å²) < 4.78 is 6.29. The second kappa shape index (κ2) is 1.95. The van der Waals surface area contributed by atoms with E-state index in [0.29, 0.717) is 5.58 Å². The second-order valence-corrected chi connectivity index (χ2v) is 2.27. The van der Waals surface area contributed by atoms with Gasteiger partial charge >= 0.3 is 5.76 Å². The number of hydrogen-bond acceptors (Lipinski definition) is 3. The maximum atomic E-state index is 10.9. The maximum absolute atomic E-state index is 10.9. The lowest BCUT2D eigenvalue weighted by atomic mass is 10.4. The maximum Gasteiger partial charge on any atom is 0.419 e. The van der Waals surface area contributed by atoms with Gasteiger partial charge in [-0.25, -0.2) is 4.79 Å². The molecule has 11 heavy (non-hydrogen) atoms. The fourth-order valence-corrected chi connectivity index (χ4v) is 0.972. The molecule has 0 saturated heterocycles. The number of aryl methyl sites for hydroxylation is 1. The lowest BCUT2D eigenvalue weighted by Gasteiger charge is -1.86. The summed E-state index contributed by atoms with van der Waals surface area (Å²) in [5.41, 5.74) is 1.30. The van der Waals surface area contributed by atoms with Crippen LogP contribution in [-0.4, -0.2) is 9.55 Å². The topological polar surface area (TPSA) is 48.0 Å². The number of aromatic nitrogens is 2. The Labute approximate surface area is 62.1 Å². The molecule has 0 aliphatic carbocycles. The van der Waals surface area contributed by atoms with Crippen LogP contribution in [0, 0.1) is 0 Å². The molecular weight excluding hydrogens is 144 g/mol. The summed E-state index contributed by atoms with van der Waals surface area (Å²) in [6, 6.07) is 1.66. The molecule has 4 nitrogen and oxygen atoms in total. The quantitative estimate of drug-likeness (QED) is 0.550. The number of rotatable bonds is 0. The minimum atomic E-state index is -0.354. The molecular formula is C7H6N2O2. The lowest BCUT2D eigenvalue weighted by Crippen LogP contribution is -2.08. The van der Waals surface area contributed by atoms with Crippen LogP contribution in [0.2, 0.25) is 0 Å². The molecule has 0 N–H and O–H groups in total. The summed E-state index contributed by atoms with van der Waals surface area (Å²) >= 11 is 0. The van der Waals surface area contributed by atoms with Crippen molar-refractivity contribution in [3.63, 3.8) is 0 Å². The van der Waals surface area contributed by atoms with Crippen LogP contribution in [-0.2, 0) is 7.05 Å². The Morgan fingerprint density at radius 2 is 2.45 bits per heavy atom. The van der Waals surface area contributed by atoms with Gasteiger partial charge in [0.15, 0.2) is 5.58 Å². The molecule has 0 aliphatic heterocycles. The van der Waals surface area contributed by atoms with Gasteiger partial charge in [-0.05, 0) is 0 Å². The molecule has 0 aliphatic rings. The molecule has 0 bridgehead atoms. The monoisotopic (exact) mass is 150 g/mol. The standard InChI is InChI=1S/C7H6N2O2/c1-9-5-4-8-3-2-6(5)11-7(9)10/h2-4H,1H3. The SMILES string of the molecule is Cn1c(=O)oc2ccncc21. The van der Waals surface area contributed by atoms with Crippen LogP contribution in [0.3, 0.4) is 0 Å². The van der Waals surface area contributed by atoms with Crippen molar-refractivity contribution in [1.29, 1.82) is 0 Å². The fraction of sp³-hybridized carbons (Fsp3) is 0.143. The van der Waals surface area contributed by atoms with Gasteiger partial charge in [0.2, 0.25) is 0 Å². The molecule has 0 saturated carbocycles. The summed E-state index contributed by atoms with van der Waals surface area (Å²) in [6.07, 6.45) is 3.19. The van der Waals surface area contributed by atoms with Crippen molar-refractivity contribution < 1.29 is 4.42 Å². The molecule has 2 aromatic heterocycles. The summed E-state index contributed by atoms with van der Waals surface area (Å²) in [7, 11) is 1.65. The molecule has 2 rings (SSSR count). The highest BCUT2D eigenvalue weighted by Crippen LogP contribution is 2.07. The Hall–Kier alpha value is -1.58. The van der Waals surface area contributed by atoms with Gasteiger partial charge in [0.05, 0.1) is 6.20 Å². The molecule has 0 unspecified atom stereocenters. The molecule has 4 heteroatoms. The number of oxazole rings is 1. The fourth-order valence-electron chi connectivity index (χ4n) is 0.972. The van der Waals surface area contributed by atoms with E-state index in [-0.39, 0.29) is 5.76 Å². The zero-order valence-electron chi connectivity index (χ0n) is 5.94. The third-order valence-electron chi connectivity index (χ3n) is 1.59. The van der Waals surface area contributed by atoms with Gasteiger partial charge in [0.1, 0.15) is 5.52 Å². The molecule has 0 aromatic carbocycles. The van der Waals surface area contributed by atoms with Gasteiger partial charge < -0.3 is 4.42 Å². The summed E-state index contributed by atoms with van der Waals surface area (Å²) in [5, 5.41) is 0. The van der Waals surface area contributed by atoms with Crippen molar-refractivity contribution in [2.75, 3.05) is 0 Å². The summed E-state index contributed by atoms with van der Waals surface area (Å²) in [6.45, 7) is 0. The molecule has 0 fully saturated rings. The van der Waals surface area contributed by atoms with Gasteiger partial charge in [-0.3, -0.25) is 9.55 Å². The van der Waals surface area contributed by atoms with E-state index < -0.39 is 0 Å². The van der Waals surface area contributed by atoms with Crippen LogP contribution in [0.5, 0.6) is 0 Å². The minimum absolute atomic E-state index is 0.354. The Morgan fingerprint density at radius 3 is 3.18 bits per heavy atom. The summed E-state index contributed by atoms with van der Waals surface area (Å²) in [5.74, 6) is -0.354. The smallest absolute Gasteiger partial charge is 0.408 e. The third-order valence-corrected chi connectivity index (χ3v) is 1.59. The minimum Gasteiger partial charge on any atom is -0.408 e. The number of pyridine rings is 1. The molecule has 2 heterocycles. The largest absolute Gasteiger partial charge is 0.419 e. The molecule has 0 radical (unpaired) electrons. The van der Waals surface area contributed by atoms with Crippen molar-refractivity contribution in [2.45, 2.75) is 0 Å². The zero-order chi connectivity index (χ0) is 7.84. The van der Waals surface area contributed by atoms with Crippen molar-refractivity contribution in [2.24, 2.45) is 7.05 Å². The second-order valence-electron chi connectivity index (χ2n) is 2.27. The van der Waals surface area contributed by atoms with E-state index in [0.717, 1.165) is 5.52 Å². The van der Waals surface area contributed by atoms with E-state index in [1.54, 1.807) is 25.5 Å². The first kappa shape index (κ1) is 6.15. The van der Waals surface area contributed by atoms with Crippen LogP contribution >= 0.6 is 0 Å². The van der Waals surface area contributed by atoms with Crippen molar-refractivity contribution >= 4 is 11.1 Å². The zero-order valence-corrected chi connectivity index (χ0v) is 5.94. The number of nitrogens with zero attached hydrogens (tertiary/aromatic N) is 2. The highest BCUT2D eigenvalue weighted by molar-refractivity contribution is 5.70. The van der Waals surface area contributed by atoms with Crippen molar-refractivity contribution in [1.82, 2.24) is 9.55 Å². The molecule has 2 aromatic rings. The van der Waals surface area contributed by atoms with Gasteiger partial charge in [-0.2, -0.15) is 0 Å². The summed E-state index contributed by atoms with van der Waals surface area (Å²) in [4.78, 5) is 14.8. The predicted octanol–water partition coefficient (Wildman–Crippen LogP) is 0.526. The average Bonchev–Trinajstić information content (AvgIpc) is 2.30. The van der Waals surface area contributed by atoms with Crippen LogP contribution in [0.25, 0.3) is 11.1 Å². The van der Waals surface area contributed by atoms with E-state index in [9.17, 15) is 4.79 Å². The number of hydrogen-bond donors (Lipinski definition) is 0. The normalized spacial score (nSPS) is 10.6. The first-order valence-corrected chi connectivity index (χ1v) is 3.18. The van der Waals surface area contributed by atoms with E-state index in [1.165, 1.54) is 4.57 Å². The lowest BCUT2D eigenvalue weighted by molar-refractivity contribution is 0.528. The molecule has 56 valence electrons. The number of fused-ring (bicyclic) bond motifs is 1. The first-order chi connectivity index (χ1) is 5.29. The van der Waals surface area contributed by atoms with Crippen LogP contribution < -0.4 is 5.76 Å². The highest BCUT2D eigenvalue weighted by Gasteiger charge is 2.02. The van der Waals surface area contributed by atoms with Gasteiger partial charge in [0.25, 0.3) is 0 Å². The van der Waals surface area contributed by atoms with Gasteiger partial charge in [-0.15, -0.1) is 0 Å². The van der Waals surface area contributed by atoms with Gasteiger partial charge in [-0.1, -0.05) is 0 Å². The third kappa shape index (κ3) is 0.756. The Balaban J connectivity index is 3.04. The average molecular weight is 150 g/mol. The predicted molar refractivity (Wildman–Crippen MR) is 39.3 cm³/mol. The Kier molecular flexibility index (Phi) is 1.09. The van der Waals surface area contributed by atoms with E-state index >= 15 is 0 Å². The molecule has 0 spiro atoms. The van der Waals surface area contributed by atoms with Gasteiger partial charge in [0, 0.05) is 19.3 Å². The van der Waals surface area contributed by atoms with Crippen LogP contribution in [0.4, 0.5) is 0 Å². The highest BCUT2D eigenvalue weighted by atomic mass is 16.4. The van der Waals surface area contributed by atoms with Crippen LogP contribution in [0.15, 0.2) is 27.7 Å². The van der Waals surface area contributed by atoms with Crippen LogP contribution in [0.1, 0.15) is 0 Å². The van der Waals surface area contributed by atoms with Crippen molar-refractivity contribution in [3.8, 4) is 0 Å². The molecule has 0 amide bonds. The first-order valence-electron chi connectivity index (χ1n) is 3.18. The van der Waals surface area contributed by atoms with E-state index in [1.807, 2.05) is 0 Å². The van der Waals surface area contributed by atoms with E-state index in [2.05, 4.69) is 4.98 Å². The van der Waals surface area contributed by atoms with Crippen molar-refractivity contribution in [3.05, 3.63) is 29.0 Å². The molecule has 0 atom stereocenters. The Bertz CT molecular complexity index is 441. The Morgan fingerprint density at radius 1 is 1.64 bits per heavy atom. The van der Waals surface area contributed by atoms with E-state index in [4.69, 9.17) is 4.42 Å².